The number of nitrogens with zero attached hydrogens (tertiary/aromatic N) is 2. The number of rotatable bonds is 5. The predicted octanol–water partition coefficient (Wildman–Crippen LogP) is 5.96. The fourth-order valence-electron chi connectivity index (χ4n) is 2.72. The number of carbonyl (C=O) groups is 1. The van der Waals surface area contributed by atoms with Crippen LogP contribution in [0.2, 0.25) is 10.0 Å². The van der Waals surface area contributed by atoms with Crippen molar-refractivity contribution in [3.63, 3.8) is 0 Å². The van der Waals surface area contributed by atoms with E-state index in [0.717, 1.165) is 11.5 Å². The molecule has 0 aliphatic rings. The van der Waals surface area contributed by atoms with Gasteiger partial charge in [-0.15, -0.1) is 0 Å². The molecular weight excluding hydrogens is 444 g/mol. The monoisotopic (exact) mass is 457 g/mol. The Bertz CT molecular complexity index is 1290. The Kier molecular flexibility index (Phi) is 6.01. The molecule has 156 valence electrons. The zero-order chi connectivity index (χ0) is 21.8. The number of hydrazone groups is 1. The van der Waals surface area contributed by atoms with E-state index >= 15 is 0 Å². The summed E-state index contributed by atoms with van der Waals surface area (Å²) in [6.07, 6.45) is 4.68. The van der Waals surface area contributed by atoms with Gasteiger partial charge < -0.3 is 15.0 Å². The van der Waals surface area contributed by atoms with Crippen molar-refractivity contribution < 1.29 is 13.9 Å². The van der Waals surface area contributed by atoms with Crippen LogP contribution in [-0.4, -0.2) is 22.2 Å². The quantitative estimate of drug-likeness (QED) is 0.255. The number of hydrogen-bond donors (Lipinski definition) is 3. The van der Waals surface area contributed by atoms with Gasteiger partial charge in [-0.1, -0.05) is 29.3 Å². The van der Waals surface area contributed by atoms with Gasteiger partial charge in [0.05, 0.1) is 21.6 Å². The van der Waals surface area contributed by atoms with E-state index in [-0.39, 0.29) is 11.4 Å². The fraction of sp³-hybridized carbons (Fsp3) is 0. The van der Waals surface area contributed by atoms with Crippen molar-refractivity contribution in [1.29, 1.82) is 0 Å². The Morgan fingerprint density at radius 3 is 2.77 bits per heavy atom. The molecule has 4 aromatic rings. The predicted molar refractivity (Wildman–Crippen MR) is 119 cm³/mol. The lowest BCUT2D eigenvalue weighted by Crippen LogP contribution is -2.24. The molecule has 31 heavy (non-hydrogen) atoms. The van der Waals surface area contributed by atoms with Gasteiger partial charge in [-0.05, 0) is 42.0 Å². The first-order valence-corrected chi connectivity index (χ1v) is 9.70. The van der Waals surface area contributed by atoms with E-state index in [4.69, 9.17) is 27.9 Å². The Morgan fingerprint density at radius 1 is 1.10 bits per heavy atom. The molecule has 0 aliphatic heterocycles. The number of aromatic amines is 1. The first-order valence-electron chi connectivity index (χ1n) is 8.94. The molecular formula is C21H14Cl2FN5O2. The molecule has 7 nitrogen and oxygen atoms in total. The molecule has 2 amide bonds. The number of pyridine rings is 1. The van der Waals surface area contributed by atoms with Crippen LogP contribution in [-0.2, 0) is 0 Å². The molecule has 0 spiro atoms. The summed E-state index contributed by atoms with van der Waals surface area (Å²) in [7, 11) is 0. The number of anilines is 1. The number of hydrogen-bond acceptors (Lipinski definition) is 4. The highest BCUT2D eigenvalue weighted by molar-refractivity contribution is 6.42. The number of halogens is 3. The van der Waals surface area contributed by atoms with Crippen LogP contribution in [0.15, 0.2) is 66.0 Å². The van der Waals surface area contributed by atoms with Crippen LogP contribution in [0.3, 0.4) is 0 Å². The van der Waals surface area contributed by atoms with Gasteiger partial charge in [-0.25, -0.2) is 19.6 Å². The minimum Gasteiger partial charge on any atom is -0.453 e. The van der Waals surface area contributed by atoms with Crippen molar-refractivity contribution in [2.24, 2.45) is 5.10 Å². The first-order chi connectivity index (χ1) is 15.0. The molecule has 0 saturated heterocycles. The number of nitrogens with one attached hydrogen (secondary N) is 3. The second-order valence-corrected chi connectivity index (χ2v) is 7.11. The van der Waals surface area contributed by atoms with E-state index in [9.17, 15) is 9.18 Å². The lowest BCUT2D eigenvalue weighted by atomic mass is 10.2. The largest absolute Gasteiger partial charge is 0.453 e. The average molecular weight is 458 g/mol. The van der Waals surface area contributed by atoms with Gasteiger partial charge in [0.15, 0.2) is 11.6 Å². The average Bonchev–Trinajstić information content (AvgIpc) is 3.22. The molecule has 4 rings (SSSR count). The van der Waals surface area contributed by atoms with Crippen molar-refractivity contribution in [1.82, 2.24) is 15.4 Å². The van der Waals surface area contributed by atoms with E-state index in [1.54, 1.807) is 42.7 Å². The van der Waals surface area contributed by atoms with Gasteiger partial charge in [0.2, 0.25) is 0 Å². The second kappa shape index (κ2) is 9.03. The third-order valence-electron chi connectivity index (χ3n) is 4.15. The van der Waals surface area contributed by atoms with Crippen molar-refractivity contribution in [2.45, 2.75) is 0 Å². The fourth-order valence-corrected chi connectivity index (χ4v) is 3.03. The minimum absolute atomic E-state index is 0.0114. The lowest BCUT2D eigenvalue weighted by Gasteiger charge is -2.10. The minimum atomic E-state index is -0.646. The van der Waals surface area contributed by atoms with E-state index in [1.165, 1.54) is 18.3 Å². The van der Waals surface area contributed by atoms with E-state index < -0.39 is 11.8 Å². The van der Waals surface area contributed by atoms with Crippen molar-refractivity contribution >= 4 is 52.2 Å². The van der Waals surface area contributed by atoms with E-state index in [0.29, 0.717) is 27.0 Å². The van der Waals surface area contributed by atoms with Gasteiger partial charge in [0.1, 0.15) is 11.4 Å². The second-order valence-electron chi connectivity index (χ2n) is 6.29. The molecule has 0 aliphatic carbocycles. The Hall–Kier alpha value is -3.62. The molecule has 0 atom stereocenters. The molecule has 2 heterocycles. The summed E-state index contributed by atoms with van der Waals surface area (Å²) >= 11 is 11.8. The SMILES string of the molecule is O=C(N/N=C/c1ccc(Cl)c(Cl)c1)Nc1ccc(Oc2ccnc3[nH]ccc23)c(F)c1. The summed E-state index contributed by atoms with van der Waals surface area (Å²) in [5.74, 6) is -0.171. The molecule has 2 aromatic heterocycles. The molecule has 0 unspecified atom stereocenters. The lowest BCUT2D eigenvalue weighted by molar-refractivity contribution is 0.252. The molecule has 0 saturated carbocycles. The van der Waals surface area contributed by atoms with Crippen LogP contribution in [0.1, 0.15) is 5.56 Å². The maximum Gasteiger partial charge on any atom is 0.339 e. The molecule has 0 radical (unpaired) electrons. The van der Waals surface area contributed by atoms with Crippen molar-refractivity contribution in [3.8, 4) is 11.5 Å². The molecule has 0 fully saturated rings. The highest BCUT2D eigenvalue weighted by Crippen LogP contribution is 2.31. The van der Waals surface area contributed by atoms with Crippen molar-refractivity contribution in [3.05, 3.63) is 82.4 Å². The highest BCUT2D eigenvalue weighted by Gasteiger charge is 2.11. The van der Waals surface area contributed by atoms with Crippen LogP contribution in [0.4, 0.5) is 14.9 Å². The van der Waals surface area contributed by atoms with Gasteiger partial charge in [0, 0.05) is 24.1 Å². The summed E-state index contributed by atoms with van der Waals surface area (Å²) in [4.78, 5) is 19.1. The van der Waals surface area contributed by atoms with Gasteiger partial charge in [-0.3, -0.25) is 0 Å². The molecule has 0 bridgehead atoms. The maximum atomic E-state index is 14.5. The number of ether oxygens (including phenoxy) is 1. The topological polar surface area (TPSA) is 91.4 Å². The standard InChI is InChI=1S/C21H14Cl2FN5O2/c22-15-3-1-12(9-16(15)23)11-27-29-21(30)28-13-2-4-19(17(24)10-13)31-18-6-8-26-20-14(18)5-7-25-20/h1-11H,(H,25,26)(H2,28,29,30)/b27-11+. The van der Waals surface area contributed by atoms with Gasteiger partial charge >= 0.3 is 6.03 Å². The number of benzene rings is 2. The maximum absolute atomic E-state index is 14.5. The van der Waals surface area contributed by atoms with E-state index in [1.807, 2.05) is 0 Å². The smallest absolute Gasteiger partial charge is 0.339 e. The normalized spacial score (nSPS) is 11.1. The Balaban J connectivity index is 1.38. The van der Waals surface area contributed by atoms with Crippen LogP contribution in [0.25, 0.3) is 11.0 Å². The van der Waals surface area contributed by atoms with Crippen LogP contribution >= 0.6 is 23.2 Å². The molecule has 3 N–H and O–H groups in total. The third kappa shape index (κ3) is 4.93. The summed E-state index contributed by atoms with van der Waals surface area (Å²) < 4.78 is 20.1. The first kappa shape index (κ1) is 20.6. The number of H-pyrrole nitrogens is 1. The van der Waals surface area contributed by atoms with Gasteiger partial charge in [-0.2, -0.15) is 5.10 Å². The van der Waals surface area contributed by atoms with Crippen LogP contribution in [0.5, 0.6) is 11.5 Å². The number of amides is 2. The highest BCUT2D eigenvalue weighted by atomic mass is 35.5. The third-order valence-corrected chi connectivity index (χ3v) is 4.89. The Morgan fingerprint density at radius 2 is 1.97 bits per heavy atom. The van der Waals surface area contributed by atoms with Crippen LogP contribution < -0.4 is 15.5 Å². The summed E-state index contributed by atoms with van der Waals surface area (Å²) in [6, 6.07) is 11.8. The summed E-state index contributed by atoms with van der Waals surface area (Å²) in [5, 5.41) is 7.81. The number of aromatic nitrogens is 2. The van der Waals surface area contributed by atoms with E-state index in [2.05, 4.69) is 25.8 Å². The van der Waals surface area contributed by atoms with Crippen molar-refractivity contribution in [2.75, 3.05) is 5.32 Å². The van der Waals surface area contributed by atoms with Crippen LogP contribution in [0, 0.1) is 5.82 Å². The number of carbonyl (C=O) groups excluding carboxylic acids is 1. The number of urea groups is 1. The zero-order valence-corrected chi connectivity index (χ0v) is 17.2. The van der Waals surface area contributed by atoms with Gasteiger partial charge in [0.25, 0.3) is 0 Å². The molecule has 2 aromatic carbocycles. The molecule has 10 heteroatoms. The summed E-state index contributed by atoms with van der Waals surface area (Å²) in [5.41, 5.74) is 3.80. The summed E-state index contributed by atoms with van der Waals surface area (Å²) in [6.45, 7) is 0. The Labute approximate surface area is 185 Å². The number of fused-ring (bicyclic) bond motifs is 1. The zero-order valence-electron chi connectivity index (χ0n) is 15.7.